The Morgan fingerprint density at radius 2 is 1.92 bits per heavy atom. The topological polar surface area (TPSA) is 122 Å². The third-order valence-electron chi connectivity index (χ3n) is 3.92. The van der Waals surface area contributed by atoms with Crippen molar-refractivity contribution in [1.82, 2.24) is 15.3 Å². The van der Waals surface area contributed by atoms with Crippen LogP contribution in [0.15, 0.2) is 30.3 Å². The number of para-hydroxylation sites is 1. The molecule has 130 valence electrons. The maximum absolute atomic E-state index is 12.4. The molecule has 0 saturated carbocycles. The van der Waals surface area contributed by atoms with Gasteiger partial charge in [-0.1, -0.05) is 18.2 Å². The monoisotopic (exact) mass is 340 g/mol. The number of anilines is 3. The maximum Gasteiger partial charge on any atom is 0.256 e. The number of nitrogens with zero attached hydrogens (tertiary/aromatic N) is 2. The standard InChI is InChI=1S/C17H20N6O2/c1-10-20-15(22-11-6-3-2-4-7-11)13(14(18)24)16(21-10)23-17(25)12-8-5-9-19-12/h2-4,6-7,12,19H,5,8-9H2,1H3,(H2,18,24)(H2,20,21,22,23,25). The van der Waals surface area contributed by atoms with Crippen LogP contribution in [0.4, 0.5) is 17.3 Å². The Kier molecular flexibility index (Phi) is 4.90. The predicted octanol–water partition coefficient (Wildman–Crippen LogP) is 1.32. The van der Waals surface area contributed by atoms with Crippen molar-refractivity contribution in [2.75, 3.05) is 17.2 Å². The molecule has 1 aliphatic heterocycles. The van der Waals surface area contributed by atoms with Gasteiger partial charge in [0, 0.05) is 5.69 Å². The van der Waals surface area contributed by atoms with Gasteiger partial charge in [0.05, 0.1) is 6.04 Å². The number of aryl methyl sites for hydroxylation is 1. The summed E-state index contributed by atoms with van der Waals surface area (Å²) in [4.78, 5) is 32.8. The van der Waals surface area contributed by atoms with Gasteiger partial charge in [-0.05, 0) is 38.4 Å². The molecule has 1 unspecified atom stereocenters. The van der Waals surface area contributed by atoms with Gasteiger partial charge >= 0.3 is 0 Å². The third-order valence-corrected chi connectivity index (χ3v) is 3.92. The largest absolute Gasteiger partial charge is 0.365 e. The van der Waals surface area contributed by atoms with Crippen LogP contribution >= 0.6 is 0 Å². The Morgan fingerprint density at radius 3 is 2.56 bits per heavy atom. The van der Waals surface area contributed by atoms with E-state index in [2.05, 4.69) is 25.9 Å². The van der Waals surface area contributed by atoms with Crippen LogP contribution in [0, 0.1) is 6.92 Å². The lowest BCUT2D eigenvalue weighted by molar-refractivity contribution is -0.117. The van der Waals surface area contributed by atoms with E-state index in [1.807, 2.05) is 30.3 Å². The van der Waals surface area contributed by atoms with Crippen molar-refractivity contribution in [2.24, 2.45) is 5.73 Å². The highest BCUT2D eigenvalue weighted by molar-refractivity contribution is 6.06. The molecular formula is C17H20N6O2. The zero-order chi connectivity index (χ0) is 17.8. The summed E-state index contributed by atoms with van der Waals surface area (Å²) in [7, 11) is 0. The first-order valence-corrected chi connectivity index (χ1v) is 8.09. The van der Waals surface area contributed by atoms with Gasteiger partial charge in [-0.3, -0.25) is 9.59 Å². The number of hydrogen-bond acceptors (Lipinski definition) is 6. The highest BCUT2D eigenvalue weighted by Gasteiger charge is 2.25. The summed E-state index contributed by atoms with van der Waals surface area (Å²) in [6.07, 6.45) is 1.68. The summed E-state index contributed by atoms with van der Waals surface area (Å²) in [5.41, 5.74) is 6.33. The Balaban J connectivity index is 1.94. The Labute approximate surface area is 145 Å². The molecule has 1 saturated heterocycles. The minimum atomic E-state index is -0.715. The van der Waals surface area contributed by atoms with Crippen LogP contribution in [-0.2, 0) is 4.79 Å². The first-order valence-electron chi connectivity index (χ1n) is 8.09. The van der Waals surface area contributed by atoms with Crippen LogP contribution < -0.4 is 21.7 Å². The van der Waals surface area contributed by atoms with Gasteiger partial charge in [0.15, 0.2) is 5.82 Å². The maximum atomic E-state index is 12.4. The van der Waals surface area contributed by atoms with E-state index in [1.165, 1.54) is 0 Å². The molecule has 2 aromatic rings. The molecule has 0 radical (unpaired) electrons. The van der Waals surface area contributed by atoms with Crippen molar-refractivity contribution in [3.63, 3.8) is 0 Å². The first kappa shape index (κ1) is 16.8. The molecule has 1 atom stereocenters. The Bertz CT molecular complexity index is 787. The third kappa shape index (κ3) is 3.92. The fraction of sp³-hybridized carbons (Fsp3) is 0.294. The molecule has 0 aliphatic carbocycles. The fourth-order valence-corrected chi connectivity index (χ4v) is 2.76. The van der Waals surface area contributed by atoms with Crippen LogP contribution in [0.5, 0.6) is 0 Å². The minimum Gasteiger partial charge on any atom is -0.365 e. The molecule has 1 aromatic carbocycles. The number of aromatic nitrogens is 2. The van der Waals surface area contributed by atoms with Crippen LogP contribution in [0.1, 0.15) is 29.0 Å². The molecule has 25 heavy (non-hydrogen) atoms. The van der Waals surface area contributed by atoms with Gasteiger partial charge in [-0.2, -0.15) is 0 Å². The molecule has 0 spiro atoms. The van der Waals surface area contributed by atoms with Gasteiger partial charge < -0.3 is 21.7 Å². The summed E-state index contributed by atoms with van der Waals surface area (Å²) in [5.74, 6) is -0.145. The molecular weight excluding hydrogens is 320 g/mol. The summed E-state index contributed by atoms with van der Waals surface area (Å²) < 4.78 is 0. The van der Waals surface area contributed by atoms with Gasteiger partial charge in [0.1, 0.15) is 17.2 Å². The molecule has 1 aliphatic rings. The van der Waals surface area contributed by atoms with Crippen LogP contribution in [0.25, 0.3) is 0 Å². The number of nitrogens with two attached hydrogens (primary N) is 1. The van der Waals surface area contributed by atoms with E-state index in [9.17, 15) is 9.59 Å². The zero-order valence-corrected chi connectivity index (χ0v) is 13.9. The van der Waals surface area contributed by atoms with Crippen molar-refractivity contribution < 1.29 is 9.59 Å². The molecule has 1 fully saturated rings. The second kappa shape index (κ2) is 7.27. The minimum absolute atomic E-state index is 0.0563. The SMILES string of the molecule is Cc1nc(NC(=O)C2CCCN2)c(C(N)=O)c(Nc2ccccc2)n1. The second-order valence-corrected chi connectivity index (χ2v) is 5.84. The van der Waals surface area contributed by atoms with Gasteiger partial charge in [0.25, 0.3) is 5.91 Å². The highest BCUT2D eigenvalue weighted by Crippen LogP contribution is 2.24. The van der Waals surface area contributed by atoms with E-state index in [1.54, 1.807) is 6.92 Å². The number of rotatable bonds is 5. The molecule has 3 rings (SSSR count). The van der Waals surface area contributed by atoms with E-state index >= 15 is 0 Å². The van der Waals surface area contributed by atoms with Crippen molar-refractivity contribution in [3.8, 4) is 0 Å². The van der Waals surface area contributed by atoms with E-state index in [-0.39, 0.29) is 29.1 Å². The summed E-state index contributed by atoms with van der Waals surface area (Å²) in [5, 5.41) is 8.87. The second-order valence-electron chi connectivity index (χ2n) is 5.84. The summed E-state index contributed by atoms with van der Waals surface area (Å²) in [6.45, 7) is 2.48. The van der Waals surface area contributed by atoms with Gasteiger partial charge in [-0.25, -0.2) is 9.97 Å². The van der Waals surface area contributed by atoms with Gasteiger partial charge in [-0.15, -0.1) is 0 Å². The van der Waals surface area contributed by atoms with Crippen LogP contribution in [0.3, 0.4) is 0 Å². The van der Waals surface area contributed by atoms with Crippen molar-refractivity contribution in [2.45, 2.75) is 25.8 Å². The fourth-order valence-electron chi connectivity index (χ4n) is 2.76. The highest BCUT2D eigenvalue weighted by atomic mass is 16.2. The molecule has 5 N–H and O–H groups in total. The number of hydrogen-bond donors (Lipinski definition) is 4. The number of carbonyl (C=O) groups excluding carboxylic acids is 2. The smallest absolute Gasteiger partial charge is 0.256 e. The number of amides is 2. The summed E-state index contributed by atoms with van der Waals surface area (Å²) in [6, 6.07) is 8.97. The molecule has 2 amide bonds. The number of benzene rings is 1. The first-order chi connectivity index (χ1) is 12.0. The van der Waals surface area contributed by atoms with Crippen LogP contribution in [-0.4, -0.2) is 34.4 Å². The van der Waals surface area contributed by atoms with Crippen molar-refractivity contribution >= 4 is 29.1 Å². The number of primary amides is 1. The number of nitrogens with one attached hydrogen (secondary N) is 3. The molecule has 1 aromatic heterocycles. The van der Waals surface area contributed by atoms with E-state index < -0.39 is 5.91 Å². The summed E-state index contributed by atoms with van der Waals surface area (Å²) >= 11 is 0. The quantitative estimate of drug-likeness (QED) is 0.651. The molecule has 8 nitrogen and oxygen atoms in total. The predicted molar refractivity (Wildman–Crippen MR) is 94.7 cm³/mol. The lowest BCUT2D eigenvalue weighted by Crippen LogP contribution is -2.36. The number of carbonyl (C=O) groups is 2. The molecule has 8 heteroatoms. The van der Waals surface area contributed by atoms with E-state index in [0.717, 1.165) is 25.1 Å². The zero-order valence-electron chi connectivity index (χ0n) is 13.9. The van der Waals surface area contributed by atoms with Gasteiger partial charge in [0.2, 0.25) is 5.91 Å². The molecule has 2 heterocycles. The lowest BCUT2D eigenvalue weighted by Gasteiger charge is -2.16. The normalized spacial score (nSPS) is 16.4. The van der Waals surface area contributed by atoms with Crippen molar-refractivity contribution in [3.05, 3.63) is 41.7 Å². The average Bonchev–Trinajstić information content (AvgIpc) is 3.09. The average molecular weight is 340 g/mol. The Hall–Kier alpha value is -3.00. The van der Waals surface area contributed by atoms with E-state index in [0.29, 0.717) is 5.82 Å². The lowest BCUT2D eigenvalue weighted by atomic mass is 10.2. The Morgan fingerprint density at radius 1 is 1.20 bits per heavy atom. The van der Waals surface area contributed by atoms with Crippen LogP contribution in [0.2, 0.25) is 0 Å². The van der Waals surface area contributed by atoms with E-state index in [4.69, 9.17) is 5.73 Å². The molecule has 0 bridgehead atoms. The van der Waals surface area contributed by atoms with Crippen molar-refractivity contribution in [1.29, 1.82) is 0 Å².